The number of nitrogens with two attached hydrogens (primary N) is 1. The predicted octanol–water partition coefficient (Wildman–Crippen LogP) is 6.77. The van der Waals surface area contributed by atoms with Crippen LogP contribution in [0.1, 0.15) is 15.9 Å². The summed E-state index contributed by atoms with van der Waals surface area (Å²) in [6.45, 7) is 1.97. The van der Waals surface area contributed by atoms with Crippen molar-refractivity contribution in [3.05, 3.63) is 102 Å². The number of hydrogen-bond acceptors (Lipinski definition) is 5. The van der Waals surface area contributed by atoms with Gasteiger partial charge in [-0.2, -0.15) is 0 Å². The van der Waals surface area contributed by atoms with Crippen molar-refractivity contribution in [3.63, 3.8) is 0 Å². The Bertz CT molecular complexity index is 1600. The van der Waals surface area contributed by atoms with E-state index >= 15 is 0 Å². The second-order valence-corrected chi connectivity index (χ2v) is 9.52. The number of fused-ring (bicyclic) bond motifs is 1. The fraction of sp³-hybridized carbons (Fsp3) is 0.0690. The number of urea groups is 1. The zero-order chi connectivity index (χ0) is 25.9. The van der Waals surface area contributed by atoms with Crippen LogP contribution in [-0.4, -0.2) is 24.0 Å². The molecule has 0 aliphatic carbocycles. The zero-order valence-electron chi connectivity index (χ0n) is 20.4. The maximum Gasteiger partial charge on any atom is 0.323 e. The first kappa shape index (κ1) is 24.0. The van der Waals surface area contributed by atoms with E-state index in [4.69, 9.17) is 5.73 Å². The SMILES string of the molecule is Cc1cccc(NC(=O)Nc2ccc(-c3csc4c(N(C)C(=O)c5ccccc5)cnc(N)c34)cc2)c1. The Kier molecular flexibility index (Phi) is 6.57. The number of carbonyl (C=O) groups excluding carboxylic acids is 2. The Labute approximate surface area is 218 Å². The van der Waals surface area contributed by atoms with Crippen molar-refractivity contribution in [2.75, 3.05) is 28.3 Å². The molecule has 4 N–H and O–H groups in total. The van der Waals surface area contributed by atoms with Gasteiger partial charge in [0.25, 0.3) is 5.91 Å². The lowest BCUT2D eigenvalue weighted by Crippen LogP contribution is -2.26. The average Bonchev–Trinajstić information content (AvgIpc) is 3.35. The van der Waals surface area contributed by atoms with Gasteiger partial charge < -0.3 is 21.3 Å². The lowest BCUT2D eigenvalue weighted by atomic mass is 10.0. The van der Waals surface area contributed by atoms with E-state index in [-0.39, 0.29) is 11.9 Å². The van der Waals surface area contributed by atoms with E-state index in [1.54, 1.807) is 30.3 Å². The monoisotopic (exact) mass is 507 g/mol. The van der Waals surface area contributed by atoms with Crippen LogP contribution in [-0.2, 0) is 0 Å². The number of thiophene rings is 1. The quantitative estimate of drug-likeness (QED) is 0.244. The molecule has 0 saturated carbocycles. The van der Waals surface area contributed by atoms with Crippen molar-refractivity contribution in [2.45, 2.75) is 6.92 Å². The molecular weight excluding hydrogens is 482 g/mol. The first-order valence-corrected chi connectivity index (χ1v) is 12.5. The van der Waals surface area contributed by atoms with Gasteiger partial charge in [-0.1, -0.05) is 42.5 Å². The largest absolute Gasteiger partial charge is 0.383 e. The number of rotatable bonds is 5. The first-order chi connectivity index (χ1) is 17.9. The maximum absolute atomic E-state index is 13.0. The number of benzene rings is 3. The summed E-state index contributed by atoms with van der Waals surface area (Å²) in [5.74, 6) is 0.276. The van der Waals surface area contributed by atoms with E-state index in [0.717, 1.165) is 32.5 Å². The number of aromatic nitrogens is 1. The van der Waals surface area contributed by atoms with Crippen LogP contribution in [0.4, 0.5) is 27.7 Å². The minimum absolute atomic E-state index is 0.122. The van der Waals surface area contributed by atoms with E-state index < -0.39 is 0 Å². The second-order valence-electron chi connectivity index (χ2n) is 8.64. The van der Waals surface area contributed by atoms with Gasteiger partial charge in [-0.3, -0.25) is 4.79 Å². The van der Waals surface area contributed by atoms with Gasteiger partial charge in [0.05, 0.1) is 16.6 Å². The Balaban J connectivity index is 1.38. The molecule has 0 atom stereocenters. The van der Waals surface area contributed by atoms with Crippen LogP contribution in [0.25, 0.3) is 21.2 Å². The molecule has 0 unspecified atom stereocenters. The van der Waals surface area contributed by atoms with Crippen LogP contribution >= 0.6 is 11.3 Å². The molecule has 0 radical (unpaired) electrons. The highest BCUT2D eigenvalue weighted by Crippen LogP contribution is 2.41. The Morgan fingerprint density at radius 1 is 0.919 bits per heavy atom. The summed E-state index contributed by atoms with van der Waals surface area (Å²) in [5.41, 5.74) is 11.9. The highest BCUT2D eigenvalue weighted by molar-refractivity contribution is 7.18. The van der Waals surface area contributed by atoms with Crippen LogP contribution in [0.2, 0.25) is 0 Å². The molecule has 0 bridgehead atoms. The number of carbonyl (C=O) groups is 2. The van der Waals surface area contributed by atoms with E-state index in [1.807, 2.05) is 79.0 Å². The highest BCUT2D eigenvalue weighted by atomic mass is 32.1. The smallest absolute Gasteiger partial charge is 0.323 e. The van der Waals surface area contributed by atoms with Crippen LogP contribution < -0.4 is 21.3 Å². The van der Waals surface area contributed by atoms with E-state index in [9.17, 15) is 9.59 Å². The summed E-state index contributed by atoms with van der Waals surface area (Å²) in [4.78, 5) is 31.4. The average molecular weight is 508 g/mol. The molecule has 184 valence electrons. The van der Waals surface area contributed by atoms with Gasteiger partial charge in [-0.25, -0.2) is 9.78 Å². The number of aryl methyl sites for hydroxylation is 1. The first-order valence-electron chi connectivity index (χ1n) is 11.6. The molecule has 8 heteroatoms. The summed E-state index contributed by atoms with van der Waals surface area (Å²) in [6.07, 6.45) is 1.64. The second kappa shape index (κ2) is 10.1. The number of anilines is 4. The van der Waals surface area contributed by atoms with Crippen LogP contribution in [0.3, 0.4) is 0 Å². The molecule has 2 heterocycles. The molecule has 37 heavy (non-hydrogen) atoms. The number of amides is 3. The minimum Gasteiger partial charge on any atom is -0.383 e. The Hall–Kier alpha value is -4.69. The molecule has 2 aromatic heterocycles. The van der Waals surface area contributed by atoms with Gasteiger partial charge in [0.1, 0.15) is 5.82 Å². The van der Waals surface area contributed by atoms with Gasteiger partial charge in [0.15, 0.2) is 0 Å². The molecule has 0 fully saturated rings. The molecule has 0 spiro atoms. The molecular formula is C29H25N5O2S. The van der Waals surface area contributed by atoms with Crippen molar-refractivity contribution in [2.24, 2.45) is 0 Å². The van der Waals surface area contributed by atoms with Crippen LogP contribution in [0.15, 0.2) is 90.4 Å². The van der Waals surface area contributed by atoms with E-state index in [0.29, 0.717) is 22.8 Å². The van der Waals surface area contributed by atoms with Gasteiger partial charge in [0, 0.05) is 40.3 Å². The van der Waals surface area contributed by atoms with Crippen molar-refractivity contribution in [1.82, 2.24) is 4.98 Å². The van der Waals surface area contributed by atoms with Gasteiger partial charge in [0.2, 0.25) is 0 Å². The molecule has 0 saturated heterocycles. The topological polar surface area (TPSA) is 100 Å². The molecule has 0 aliphatic rings. The third-order valence-electron chi connectivity index (χ3n) is 6.02. The van der Waals surface area contributed by atoms with Crippen molar-refractivity contribution >= 4 is 56.2 Å². The number of nitrogens with one attached hydrogen (secondary N) is 2. The lowest BCUT2D eigenvalue weighted by molar-refractivity contribution is 0.0993. The Morgan fingerprint density at radius 3 is 2.38 bits per heavy atom. The van der Waals surface area contributed by atoms with E-state index in [2.05, 4.69) is 15.6 Å². The van der Waals surface area contributed by atoms with Crippen molar-refractivity contribution in [1.29, 1.82) is 0 Å². The predicted molar refractivity (Wildman–Crippen MR) is 152 cm³/mol. The van der Waals surface area contributed by atoms with Gasteiger partial charge >= 0.3 is 6.03 Å². The summed E-state index contributed by atoms with van der Waals surface area (Å²) in [6, 6.07) is 24.0. The summed E-state index contributed by atoms with van der Waals surface area (Å²) >= 11 is 1.51. The normalized spacial score (nSPS) is 10.8. The fourth-order valence-corrected chi connectivity index (χ4v) is 5.27. The summed E-state index contributed by atoms with van der Waals surface area (Å²) in [5, 5.41) is 8.50. The van der Waals surface area contributed by atoms with Gasteiger partial charge in [-0.15, -0.1) is 11.3 Å². The summed E-state index contributed by atoms with van der Waals surface area (Å²) in [7, 11) is 1.74. The number of hydrogen-bond donors (Lipinski definition) is 3. The molecule has 0 aliphatic heterocycles. The van der Waals surface area contributed by atoms with Gasteiger partial charge in [-0.05, 0) is 54.4 Å². The van der Waals surface area contributed by atoms with Crippen molar-refractivity contribution in [3.8, 4) is 11.1 Å². The maximum atomic E-state index is 13.0. The van der Waals surface area contributed by atoms with Crippen LogP contribution in [0, 0.1) is 6.92 Å². The molecule has 5 rings (SSSR count). The minimum atomic E-state index is -0.316. The van der Waals surface area contributed by atoms with Crippen molar-refractivity contribution < 1.29 is 9.59 Å². The van der Waals surface area contributed by atoms with Crippen LogP contribution in [0.5, 0.6) is 0 Å². The summed E-state index contributed by atoms with van der Waals surface area (Å²) < 4.78 is 0.883. The fourth-order valence-electron chi connectivity index (χ4n) is 4.14. The standard InChI is InChI=1S/C29H25N5O2S/c1-18-7-6-10-22(15-18)33-29(36)32-21-13-11-19(12-14-21)23-17-37-26-24(16-31-27(30)25(23)26)34(2)28(35)20-8-4-3-5-9-20/h3-17H,1-2H3,(H2,30,31)(H2,32,33,36). The van der Waals surface area contributed by atoms with E-state index in [1.165, 1.54) is 11.3 Å². The molecule has 7 nitrogen and oxygen atoms in total. The molecule has 5 aromatic rings. The third kappa shape index (κ3) is 5.00. The number of pyridine rings is 1. The zero-order valence-corrected chi connectivity index (χ0v) is 21.2. The lowest BCUT2D eigenvalue weighted by Gasteiger charge is -2.18. The Morgan fingerprint density at radius 2 is 1.65 bits per heavy atom. The highest BCUT2D eigenvalue weighted by Gasteiger charge is 2.20. The third-order valence-corrected chi connectivity index (χ3v) is 7.02. The number of nitrogens with zero attached hydrogens (tertiary/aromatic N) is 2. The molecule has 3 aromatic carbocycles. The molecule has 3 amide bonds. The number of nitrogen functional groups attached to an aromatic ring is 1.